The third-order valence-electron chi connectivity index (χ3n) is 3.19. The van der Waals surface area contributed by atoms with Gasteiger partial charge >= 0.3 is 0 Å². The maximum Gasteiger partial charge on any atom is 0.244 e. The molecule has 1 amide bonds. The smallest absolute Gasteiger partial charge is 0.244 e. The van der Waals surface area contributed by atoms with Crippen molar-refractivity contribution in [2.24, 2.45) is 5.84 Å². The van der Waals surface area contributed by atoms with E-state index in [9.17, 15) is 4.79 Å². The lowest BCUT2D eigenvalue weighted by Gasteiger charge is -2.22. The summed E-state index contributed by atoms with van der Waals surface area (Å²) in [5.74, 6) is 5.11. The first kappa shape index (κ1) is 10.6. The number of aryl methyl sites for hydroxylation is 1. The molecule has 1 aliphatic carbocycles. The molecule has 3 N–H and O–H groups in total. The lowest BCUT2D eigenvalue weighted by molar-refractivity contribution is -0.126. The van der Waals surface area contributed by atoms with Crippen molar-refractivity contribution in [2.45, 2.75) is 25.2 Å². The molecule has 0 fully saturated rings. The number of nitrogens with one attached hydrogen (secondary N) is 1. The highest BCUT2D eigenvalue weighted by Crippen LogP contribution is 2.39. The monoisotopic (exact) mass is 268 g/mol. The Morgan fingerprint density at radius 3 is 3.00 bits per heavy atom. The van der Waals surface area contributed by atoms with Crippen molar-refractivity contribution >= 4 is 21.8 Å². The maximum absolute atomic E-state index is 11.8. The van der Waals surface area contributed by atoms with Gasteiger partial charge in [-0.3, -0.25) is 10.2 Å². The summed E-state index contributed by atoms with van der Waals surface area (Å²) >= 11 is 3.42. The third kappa shape index (κ3) is 1.58. The molecule has 0 bridgehead atoms. The van der Waals surface area contributed by atoms with Gasteiger partial charge in [0.25, 0.3) is 0 Å². The average Bonchev–Trinajstić information content (AvgIpc) is 2.57. The van der Waals surface area contributed by atoms with Crippen LogP contribution in [0.25, 0.3) is 0 Å². The average molecular weight is 269 g/mol. The van der Waals surface area contributed by atoms with E-state index in [-0.39, 0.29) is 5.91 Å². The highest BCUT2D eigenvalue weighted by molar-refractivity contribution is 9.10. The second-order valence-electron chi connectivity index (χ2n) is 4.11. The summed E-state index contributed by atoms with van der Waals surface area (Å²) in [5, 5.41) is 0. The minimum absolute atomic E-state index is 0.112. The van der Waals surface area contributed by atoms with E-state index in [4.69, 9.17) is 5.84 Å². The first-order valence-corrected chi connectivity index (χ1v) is 5.67. The lowest BCUT2D eigenvalue weighted by atomic mass is 9.83. The van der Waals surface area contributed by atoms with Crippen LogP contribution in [0.1, 0.15) is 24.5 Å². The molecule has 3 nitrogen and oxygen atoms in total. The number of carbonyl (C=O) groups excluding carboxylic acids is 1. The minimum Gasteiger partial charge on any atom is -0.294 e. The van der Waals surface area contributed by atoms with E-state index >= 15 is 0 Å². The standard InChI is InChI=1S/C11H13BrN2O/c1-11(10(15)14-13)5-4-7-2-3-8(12)6-9(7)11/h2-3,6H,4-5,13H2,1H3,(H,14,15). The van der Waals surface area contributed by atoms with Crippen molar-refractivity contribution in [3.63, 3.8) is 0 Å². The van der Waals surface area contributed by atoms with Gasteiger partial charge in [0.2, 0.25) is 5.91 Å². The van der Waals surface area contributed by atoms with Crippen molar-refractivity contribution in [3.8, 4) is 0 Å². The van der Waals surface area contributed by atoms with E-state index in [2.05, 4.69) is 27.4 Å². The fraction of sp³-hybridized carbons (Fsp3) is 0.364. The van der Waals surface area contributed by atoms with Gasteiger partial charge in [0, 0.05) is 4.47 Å². The Hall–Kier alpha value is -0.870. The van der Waals surface area contributed by atoms with Gasteiger partial charge in [-0.2, -0.15) is 0 Å². The number of carbonyl (C=O) groups is 1. The van der Waals surface area contributed by atoms with Crippen molar-refractivity contribution in [2.75, 3.05) is 0 Å². The van der Waals surface area contributed by atoms with Gasteiger partial charge in [0.1, 0.15) is 0 Å². The summed E-state index contributed by atoms with van der Waals surface area (Å²) in [5.41, 5.74) is 4.10. The molecule has 1 unspecified atom stereocenters. The molecule has 0 radical (unpaired) electrons. The Morgan fingerprint density at radius 2 is 2.33 bits per heavy atom. The van der Waals surface area contributed by atoms with E-state index in [1.807, 2.05) is 19.1 Å². The third-order valence-corrected chi connectivity index (χ3v) is 3.69. The maximum atomic E-state index is 11.8. The molecule has 0 aromatic heterocycles. The van der Waals surface area contributed by atoms with Crippen LogP contribution in [0.3, 0.4) is 0 Å². The number of nitrogens with two attached hydrogens (primary N) is 1. The van der Waals surface area contributed by atoms with Gasteiger partial charge in [-0.25, -0.2) is 5.84 Å². The van der Waals surface area contributed by atoms with Crippen LogP contribution in [0, 0.1) is 0 Å². The van der Waals surface area contributed by atoms with Gasteiger partial charge in [-0.15, -0.1) is 0 Å². The van der Waals surface area contributed by atoms with Crippen molar-refractivity contribution < 1.29 is 4.79 Å². The van der Waals surface area contributed by atoms with Gasteiger partial charge in [-0.1, -0.05) is 22.0 Å². The zero-order valence-corrected chi connectivity index (χ0v) is 10.1. The Labute approximate surface area is 97.1 Å². The molecule has 4 heteroatoms. The normalized spacial score (nSPS) is 23.7. The second kappa shape index (κ2) is 3.61. The minimum atomic E-state index is -0.478. The quantitative estimate of drug-likeness (QED) is 0.462. The fourth-order valence-electron chi connectivity index (χ4n) is 2.19. The first-order chi connectivity index (χ1) is 7.08. The number of hydrogen-bond acceptors (Lipinski definition) is 2. The summed E-state index contributed by atoms with van der Waals surface area (Å²) in [4.78, 5) is 11.8. The van der Waals surface area contributed by atoms with E-state index in [0.29, 0.717) is 0 Å². The predicted octanol–water partition coefficient (Wildman–Crippen LogP) is 1.64. The molecule has 0 heterocycles. The Kier molecular flexibility index (Phi) is 2.56. The Morgan fingerprint density at radius 1 is 1.60 bits per heavy atom. The van der Waals surface area contributed by atoms with Gasteiger partial charge in [0.15, 0.2) is 0 Å². The largest absolute Gasteiger partial charge is 0.294 e. The summed E-state index contributed by atoms with van der Waals surface area (Å²) in [6.07, 6.45) is 1.76. The number of halogens is 1. The topological polar surface area (TPSA) is 55.1 Å². The molecule has 0 aliphatic heterocycles. The number of benzene rings is 1. The molecule has 80 valence electrons. The Balaban J connectivity index is 2.51. The van der Waals surface area contributed by atoms with Crippen molar-refractivity contribution in [3.05, 3.63) is 33.8 Å². The molecule has 1 aliphatic rings. The van der Waals surface area contributed by atoms with Gasteiger partial charge < -0.3 is 0 Å². The molecular formula is C11H13BrN2O. The SMILES string of the molecule is CC1(C(=O)NN)CCc2ccc(Br)cc21. The fourth-order valence-corrected chi connectivity index (χ4v) is 2.56. The highest BCUT2D eigenvalue weighted by Gasteiger charge is 2.40. The van der Waals surface area contributed by atoms with E-state index in [1.54, 1.807) is 0 Å². The second-order valence-corrected chi connectivity index (χ2v) is 5.02. The van der Waals surface area contributed by atoms with Crippen LogP contribution in [0.15, 0.2) is 22.7 Å². The number of hydrazine groups is 1. The van der Waals surface area contributed by atoms with E-state index in [1.165, 1.54) is 5.56 Å². The molecule has 1 atom stereocenters. The lowest BCUT2D eigenvalue weighted by Crippen LogP contribution is -2.44. The predicted molar refractivity (Wildman–Crippen MR) is 62.1 cm³/mol. The summed E-state index contributed by atoms with van der Waals surface area (Å²) < 4.78 is 0.999. The molecule has 2 rings (SSSR count). The zero-order valence-electron chi connectivity index (χ0n) is 8.51. The van der Waals surface area contributed by atoms with Crippen LogP contribution >= 0.6 is 15.9 Å². The number of rotatable bonds is 1. The molecule has 15 heavy (non-hydrogen) atoms. The Bertz CT molecular complexity index is 419. The van der Waals surface area contributed by atoms with Crippen molar-refractivity contribution in [1.29, 1.82) is 0 Å². The number of amides is 1. The van der Waals surface area contributed by atoms with Crippen LogP contribution in [0.2, 0.25) is 0 Å². The first-order valence-electron chi connectivity index (χ1n) is 4.88. The van der Waals surface area contributed by atoms with Crippen LogP contribution in [0.5, 0.6) is 0 Å². The van der Waals surface area contributed by atoms with Crippen LogP contribution in [-0.4, -0.2) is 5.91 Å². The highest BCUT2D eigenvalue weighted by atomic mass is 79.9. The summed E-state index contributed by atoms with van der Waals surface area (Å²) in [6, 6.07) is 6.08. The van der Waals surface area contributed by atoms with Crippen LogP contribution in [0.4, 0.5) is 0 Å². The zero-order chi connectivity index (χ0) is 11.1. The summed E-state index contributed by atoms with van der Waals surface area (Å²) in [6.45, 7) is 1.94. The van der Waals surface area contributed by atoms with Crippen LogP contribution < -0.4 is 11.3 Å². The number of fused-ring (bicyclic) bond motifs is 1. The molecule has 1 aromatic rings. The van der Waals surface area contributed by atoms with Gasteiger partial charge in [0.05, 0.1) is 5.41 Å². The van der Waals surface area contributed by atoms with Crippen LogP contribution in [-0.2, 0) is 16.6 Å². The van der Waals surface area contributed by atoms with Crippen molar-refractivity contribution in [1.82, 2.24) is 5.43 Å². The molecule has 0 saturated carbocycles. The molecule has 1 aromatic carbocycles. The van der Waals surface area contributed by atoms with Gasteiger partial charge in [-0.05, 0) is 43.0 Å². The number of hydrogen-bond donors (Lipinski definition) is 2. The summed E-state index contributed by atoms with van der Waals surface area (Å²) in [7, 11) is 0. The molecule has 0 saturated heterocycles. The van der Waals surface area contributed by atoms with E-state index in [0.717, 1.165) is 22.9 Å². The molecular weight excluding hydrogens is 256 g/mol. The molecule has 0 spiro atoms. The van der Waals surface area contributed by atoms with E-state index < -0.39 is 5.41 Å².